The van der Waals surface area contributed by atoms with Crippen molar-refractivity contribution in [3.8, 4) is 0 Å². The number of hydrogen-bond acceptors (Lipinski definition) is 3. The van der Waals surface area contributed by atoms with Crippen LogP contribution in [0, 0.1) is 6.92 Å². The first-order valence-corrected chi connectivity index (χ1v) is 5.67. The number of rotatable bonds is 4. The first kappa shape index (κ1) is 12.8. The van der Waals surface area contributed by atoms with E-state index in [4.69, 9.17) is 5.11 Å². The molecule has 98 valence electrons. The number of amides is 1. The molecule has 0 fully saturated rings. The van der Waals surface area contributed by atoms with Crippen LogP contribution in [0.4, 0.5) is 5.69 Å². The molecule has 0 radical (unpaired) electrons. The molecule has 1 aromatic heterocycles. The minimum Gasteiger partial charge on any atom is -0.478 e. The Hall–Kier alpha value is -2.63. The summed E-state index contributed by atoms with van der Waals surface area (Å²) in [6.45, 7) is 1.79. The van der Waals surface area contributed by atoms with E-state index in [1.54, 1.807) is 37.5 Å². The minimum absolute atomic E-state index is 0.0866. The van der Waals surface area contributed by atoms with Crippen LogP contribution in [-0.2, 0) is 11.3 Å². The highest BCUT2D eigenvalue weighted by Gasteiger charge is 2.09. The minimum atomic E-state index is -1.01. The maximum Gasteiger partial charge on any atom is 0.336 e. The van der Waals surface area contributed by atoms with E-state index in [-0.39, 0.29) is 18.0 Å². The number of aromatic nitrogens is 2. The molecule has 2 aromatic rings. The van der Waals surface area contributed by atoms with Crippen LogP contribution in [0.15, 0.2) is 36.7 Å². The maximum absolute atomic E-state index is 11.7. The molecule has 2 rings (SSSR count). The van der Waals surface area contributed by atoms with Crippen molar-refractivity contribution in [2.75, 3.05) is 5.32 Å². The predicted molar refractivity (Wildman–Crippen MR) is 69.0 cm³/mol. The third-order valence-corrected chi connectivity index (χ3v) is 2.62. The van der Waals surface area contributed by atoms with Crippen LogP contribution < -0.4 is 5.32 Å². The number of hydrogen-bond donors (Lipinski definition) is 2. The number of carbonyl (C=O) groups is 2. The molecule has 0 saturated carbocycles. The molecular weight excluding hydrogens is 246 g/mol. The van der Waals surface area contributed by atoms with E-state index < -0.39 is 5.97 Å². The molecule has 19 heavy (non-hydrogen) atoms. The second kappa shape index (κ2) is 5.34. The number of aryl methyl sites for hydroxylation is 1. The Bertz CT molecular complexity index is 606. The zero-order valence-corrected chi connectivity index (χ0v) is 10.3. The van der Waals surface area contributed by atoms with Gasteiger partial charge in [-0.3, -0.25) is 9.48 Å². The van der Waals surface area contributed by atoms with Crippen LogP contribution in [-0.4, -0.2) is 26.8 Å². The fraction of sp³-hybridized carbons (Fsp3) is 0.154. The fourth-order valence-electron chi connectivity index (χ4n) is 1.67. The molecule has 6 nitrogen and oxygen atoms in total. The second-order valence-corrected chi connectivity index (χ2v) is 4.09. The standard InChI is InChI=1S/C13H13N3O3/c1-9-3-4-10(7-11(9)13(18)19)15-12(17)8-16-6-2-5-14-16/h2-7H,8H2,1H3,(H,15,17)(H,18,19). The van der Waals surface area contributed by atoms with Crippen molar-refractivity contribution in [1.29, 1.82) is 0 Å². The van der Waals surface area contributed by atoms with Gasteiger partial charge in [-0.15, -0.1) is 0 Å². The first-order valence-electron chi connectivity index (χ1n) is 5.67. The Balaban J connectivity index is 2.09. The summed E-state index contributed by atoms with van der Waals surface area (Å²) in [5, 5.41) is 15.6. The summed E-state index contributed by atoms with van der Waals surface area (Å²) in [5.41, 5.74) is 1.29. The van der Waals surface area contributed by atoms with Gasteiger partial charge in [0.1, 0.15) is 6.54 Å². The summed E-state index contributed by atoms with van der Waals surface area (Å²) >= 11 is 0. The van der Waals surface area contributed by atoms with Gasteiger partial charge >= 0.3 is 5.97 Å². The van der Waals surface area contributed by atoms with Crippen molar-refractivity contribution in [2.45, 2.75) is 13.5 Å². The first-order chi connectivity index (χ1) is 9.06. The van der Waals surface area contributed by atoms with E-state index in [0.29, 0.717) is 11.3 Å². The topological polar surface area (TPSA) is 84.2 Å². The van der Waals surface area contributed by atoms with Gasteiger partial charge in [0.25, 0.3) is 0 Å². The van der Waals surface area contributed by atoms with E-state index in [0.717, 1.165) is 0 Å². The Kier molecular flexibility index (Phi) is 3.61. The third kappa shape index (κ3) is 3.19. The summed E-state index contributed by atoms with van der Waals surface area (Å²) in [4.78, 5) is 22.7. The molecule has 0 atom stereocenters. The van der Waals surface area contributed by atoms with Gasteiger partial charge in [-0.1, -0.05) is 6.07 Å². The van der Waals surface area contributed by atoms with Gasteiger partial charge in [0.2, 0.25) is 5.91 Å². The van der Waals surface area contributed by atoms with E-state index in [9.17, 15) is 9.59 Å². The summed E-state index contributed by atoms with van der Waals surface area (Å²) in [6.07, 6.45) is 3.26. The zero-order valence-electron chi connectivity index (χ0n) is 10.3. The van der Waals surface area contributed by atoms with Crippen molar-refractivity contribution in [3.05, 3.63) is 47.8 Å². The van der Waals surface area contributed by atoms with Gasteiger partial charge in [0, 0.05) is 18.1 Å². The van der Waals surface area contributed by atoms with Gasteiger partial charge in [-0.05, 0) is 30.7 Å². The number of benzene rings is 1. The van der Waals surface area contributed by atoms with E-state index in [1.807, 2.05) is 0 Å². The van der Waals surface area contributed by atoms with Crippen LogP contribution in [0.5, 0.6) is 0 Å². The van der Waals surface area contributed by atoms with Crippen molar-refractivity contribution < 1.29 is 14.7 Å². The van der Waals surface area contributed by atoms with Crippen LogP contribution in [0.3, 0.4) is 0 Å². The molecule has 0 unspecified atom stereocenters. The number of aromatic carboxylic acids is 1. The normalized spacial score (nSPS) is 10.2. The zero-order chi connectivity index (χ0) is 13.8. The summed E-state index contributed by atoms with van der Waals surface area (Å²) in [5.74, 6) is -1.27. The summed E-state index contributed by atoms with van der Waals surface area (Å²) < 4.78 is 1.49. The van der Waals surface area contributed by atoms with Crippen molar-refractivity contribution >= 4 is 17.6 Å². The third-order valence-electron chi connectivity index (χ3n) is 2.62. The van der Waals surface area contributed by atoms with Gasteiger partial charge in [-0.25, -0.2) is 4.79 Å². The van der Waals surface area contributed by atoms with E-state index in [1.165, 1.54) is 10.7 Å². The molecule has 1 aromatic carbocycles. The lowest BCUT2D eigenvalue weighted by molar-refractivity contribution is -0.116. The number of nitrogens with one attached hydrogen (secondary N) is 1. The Morgan fingerprint density at radius 1 is 1.42 bits per heavy atom. The number of carboxylic acids is 1. The van der Waals surface area contributed by atoms with Crippen LogP contribution in [0.1, 0.15) is 15.9 Å². The molecule has 0 saturated heterocycles. The molecule has 0 bridgehead atoms. The van der Waals surface area contributed by atoms with E-state index >= 15 is 0 Å². The molecule has 0 aliphatic heterocycles. The average Bonchev–Trinajstić information content (AvgIpc) is 2.84. The lowest BCUT2D eigenvalue weighted by Crippen LogP contribution is -2.19. The second-order valence-electron chi connectivity index (χ2n) is 4.09. The van der Waals surface area contributed by atoms with Crippen molar-refractivity contribution in [2.24, 2.45) is 0 Å². The highest BCUT2D eigenvalue weighted by atomic mass is 16.4. The van der Waals surface area contributed by atoms with Gasteiger partial charge < -0.3 is 10.4 Å². The predicted octanol–water partition coefficient (Wildman–Crippen LogP) is 1.53. The number of carboxylic acid groups (broad SMARTS) is 1. The lowest BCUT2D eigenvalue weighted by Gasteiger charge is -2.08. The molecule has 6 heteroatoms. The fourth-order valence-corrected chi connectivity index (χ4v) is 1.67. The van der Waals surface area contributed by atoms with Gasteiger partial charge in [0.05, 0.1) is 5.56 Å². The molecule has 1 heterocycles. The summed E-state index contributed by atoms with van der Waals surface area (Å²) in [6, 6.07) is 6.50. The Morgan fingerprint density at radius 3 is 2.84 bits per heavy atom. The smallest absolute Gasteiger partial charge is 0.336 e. The highest BCUT2D eigenvalue weighted by molar-refractivity contribution is 5.94. The van der Waals surface area contributed by atoms with Gasteiger partial charge in [0.15, 0.2) is 0 Å². The van der Waals surface area contributed by atoms with Crippen LogP contribution in [0.25, 0.3) is 0 Å². The molecule has 0 aliphatic rings. The SMILES string of the molecule is Cc1ccc(NC(=O)Cn2cccn2)cc1C(=O)O. The van der Waals surface area contributed by atoms with Crippen LogP contribution in [0.2, 0.25) is 0 Å². The number of nitrogens with zero attached hydrogens (tertiary/aromatic N) is 2. The molecule has 0 aliphatic carbocycles. The largest absolute Gasteiger partial charge is 0.478 e. The number of anilines is 1. The number of carbonyl (C=O) groups excluding carboxylic acids is 1. The molecule has 2 N–H and O–H groups in total. The van der Waals surface area contributed by atoms with Crippen LogP contribution >= 0.6 is 0 Å². The van der Waals surface area contributed by atoms with Crippen molar-refractivity contribution in [3.63, 3.8) is 0 Å². The summed E-state index contributed by atoms with van der Waals surface area (Å²) in [7, 11) is 0. The van der Waals surface area contributed by atoms with Gasteiger partial charge in [-0.2, -0.15) is 5.10 Å². The Labute approximate surface area is 109 Å². The Morgan fingerprint density at radius 2 is 2.21 bits per heavy atom. The monoisotopic (exact) mass is 259 g/mol. The average molecular weight is 259 g/mol. The quantitative estimate of drug-likeness (QED) is 0.872. The molecule has 0 spiro atoms. The molecular formula is C13H13N3O3. The van der Waals surface area contributed by atoms with E-state index in [2.05, 4.69) is 10.4 Å². The maximum atomic E-state index is 11.7. The highest BCUT2D eigenvalue weighted by Crippen LogP contribution is 2.15. The van der Waals surface area contributed by atoms with Crippen molar-refractivity contribution in [1.82, 2.24) is 9.78 Å². The lowest BCUT2D eigenvalue weighted by atomic mass is 10.1. The molecule has 1 amide bonds.